The zero-order chi connectivity index (χ0) is 22.9. The third-order valence-corrected chi connectivity index (χ3v) is 6.91. The van der Waals surface area contributed by atoms with Crippen molar-refractivity contribution in [3.63, 3.8) is 0 Å². The molecule has 0 spiro atoms. The van der Waals surface area contributed by atoms with Gasteiger partial charge in [0.1, 0.15) is 0 Å². The molecule has 0 heterocycles. The summed E-state index contributed by atoms with van der Waals surface area (Å²) in [5.74, 6) is 1.45. The van der Waals surface area contributed by atoms with E-state index in [-0.39, 0.29) is 17.6 Å². The first kappa shape index (κ1) is 24.3. The number of thioether (sulfide) groups is 1. The molecule has 2 aromatic carbocycles. The van der Waals surface area contributed by atoms with Gasteiger partial charge in [-0.05, 0) is 30.9 Å². The second-order valence-corrected chi connectivity index (χ2v) is 9.16. The zero-order valence-corrected chi connectivity index (χ0v) is 20.0. The Morgan fingerprint density at radius 1 is 1.06 bits per heavy atom. The van der Waals surface area contributed by atoms with E-state index in [4.69, 9.17) is 21.1 Å². The first-order chi connectivity index (χ1) is 15.5. The van der Waals surface area contributed by atoms with E-state index in [0.717, 1.165) is 11.4 Å². The van der Waals surface area contributed by atoms with Crippen LogP contribution in [0.15, 0.2) is 41.3 Å². The van der Waals surface area contributed by atoms with Crippen molar-refractivity contribution in [1.82, 2.24) is 5.32 Å². The molecular weight excluding hydrogens is 448 g/mol. The molecule has 1 fully saturated rings. The van der Waals surface area contributed by atoms with Crippen LogP contribution in [0, 0.1) is 5.92 Å². The van der Waals surface area contributed by atoms with Gasteiger partial charge in [-0.15, -0.1) is 11.8 Å². The predicted molar refractivity (Wildman–Crippen MR) is 129 cm³/mol. The fraction of sp³-hybridized carbons (Fsp3) is 0.417. The minimum absolute atomic E-state index is 0.0151. The molecule has 0 saturated heterocycles. The molecule has 172 valence electrons. The monoisotopic (exact) mass is 476 g/mol. The van der Waals surface area contributed by atoms with Crippen LogP contribution in [-0.4, -0.2) is 38.3 Å². The van der Waals surface area contributed by atoms with Gasteiger partial charge in [0.25, 0.3) is 5.91 Å². The van der Waals surface area contributed by atoms with Gasteiger partial charge in [0.05, 0.1) is 36.2 Å². The molecule has 2 amide bonds. The van der Waals surface area contributed by atoms with Crippen LogP contribution in [-0.2, 0) is 4.79 Å². The summed E-state index contributed by atoms with van der Waals surface area (Å²) in [5, 5.41) is 6.20. The van der Waals surface area contributed by atoms with Crippen LogP contribution in [0.1, 0.15) is 42.5 Å². The molecule has 2 aromatic rings. The number of carbonyl (C=O) groups is 2. The van der Waals surface area contributed by atoms with Gasteiger partial charge in [-0.3, -0.25) is 9.59 Å². The molecule has 32 heavy (non-hydrogen) atoms. The maximum absolute atomic E-state index is 13.0. The summed E-state index contributed by atoms with van der Waals surface area (Å²) in [4.78, 5) is 26.0. The maximum atomic E-state index is 13.0. The van der Waals surface area contributed by atoms with Crippen LogP contribution >= 0.6 is 23.4 Å². The third kappa shape index (κ3) is 6.56. The van der Waals surface area contributed by atoms with Gasteiger partial charge >= 0.3 is 0 Å². The van der Waals surface area contributed by atoms with E-state index in [2.05, 4.69) is 10.6 Å². The number of benzene rings is 2. The van der Waals surface area contributed by atoms with E-state index in [9.17, 15) is 9.59 Å². The Hall–Kier alpha value is -2.38. The highest BCUT2D eigenvalue weighted by molar-refractivity contribution is 8.00. The van der Waals surface area contributed by atoms with Crippen molar-refractivity contribution in [2.45, 2.75) is 37.0 Å². The zero-order valence-electron chi connectivity index (χ0n) is 18.4. The highest BCUT2D eigenvalue weighted by atomic mass is 35.5. The van der Waals surface area contributed by atoms with Gasteiger partial charge in [0.2, 0.25) is 5.91 Å². The average molecular weight is 477 g/mol. The molecule has 0 radical (unpaired) electrons. The van der Waals surface area contributed by atoms with Crippen molar-refractivity contribution >= 4 is 40.9 Å². The van der Waals surface area contributed by atoms with Gasteiger partial charge in [-0.2, -0.15) is 0 Å². The molecule has 0 atom stereocenters. The van der Waals surface area contributed by atoms with E-state index < -0.39 is 0 Å². The molecule has 1 aliphatic carbocycles. The summed E-state index contributed by atoms with van der Waals surface area (Å²) in [5.41, 5.74) is 0.891. The topological polar surface area (TPSA) is 76.7 Å². The van der Waals surface area contributed by atoms with Crippen molar-refractivity contribution in [2.24, 2.45) is 5.92 Å². The SMILES string of the molecule is COc1cc(Cl)c(NC(=O)c2ccccc2SCC(=O)NCC2CCCCC2)cc1OC. The normalized spacial score (nSPS) is 14.0. The van der Waals surface area contributed by atoms with E-state index >= 15 is 0 Å². The molecule has 0 aromatic heterocycles. The fourth-order valence-corrected chi connectivity index (χ4v) is 4.84. The first-order valence-corrected chi connectivity index (χ1v) is 12.1. The summed E-state index contributed by atoms with van der Waals surface area (Å²) < 4.78 is 10.5. The Labute approximate surface area is 198 Å². The van der Waals surface area contributed by atoms with Gasteiger partial charge in [-0.1, -0.05) is 43.0 Å². The Kier molecular flexibility index (Phi) is 9.11. The van der Waals surface area contributed by atoms with Crippen molar-refractivity contribution in [3.8, 4) is 11.5 Å². The number of ether oxygens (including phenoxy) is 2. The summed E-state index contributed by atoms with van der Waals surface area (Å²) >= 11 is 7.65. The largest absolute Gasteiger partial charge is 0.493 e. The average Bonchev–Trinajstić information content (AvgIpc) is 2.83. The molecule has 0 unspecified atom stereocenters. The molecule has 2 N–H and O–H groups in total. The number of hydrogen-bond acceptors (Lipinski definition) is 5. The molecule has 8 heteroatoms. The van der Waals surface area contributed by atoms with E-state index in [1.807, 2.05) is 12.1 Å². The lowest BCUT2D eigenvalue weighted by Crippen LogP contribution is -2.31. The number of amides is 2. The second-order valence-electron chi connectivity index (χ2n) is 7.73. The predicted octanol–water partition coefficient (Wildman–Crippen LogP) is 5.40. The quantitative estimate of drug-likeness (QED) is 0.474. The number of carbonyl (C=O) groups excluding carboxylic acids is 2. The first-order valence-electron chi connectivity index (χ1n) is 10.7. The molecule has 0 aliphatic heterocycles. The van der Waals surface area contributed by atoms with Gasteiger partial charge < -0.3 is 20.1 Å². The highest BCUT2D eigenvalue weighted by Crippen LogP contribution is 2.36. The van der Waals surface area contributed by atoms with Crippen molar-refractivity contribution < 1.29 is 19.1 Å². The number of rotatable bonds is 9. The van der Waals surface area contributed by atoms with Crippen LogP contribution in [0.25, 0.3) is 0 Å². The Morgan fingerprint density at radius 3 is 2.47 bits per heavy atom. The van der Waals surface area contributed by atoms with Crippen LogP contribution in [0.3, 0.4) is 0 Å². The standard InChI is InChI=1S/C24H29ClN2O4S/c1-30-20-12-18(25)19(13-21(20)31-2)27-24(29)17-10-6-7-11-22(17)32-15-23(28)26-14-16-8-4-3-5-9-16/h6-7,10-13,16H,3-5,8-9,14-15H2,1-2H3,(H,26,28)(H,27,29). The van der Waals surface area contributed by atoms with E-state index in [0.29, 0.717) is 33.7 Å². The van der Waals surface area contributed by atoms with E-state index in [1.165, 1.54) is 58.1 Å². The van der Waals surface area contributed by atoms with Gasteiger partial charge in [0, 0.05) is 23.6 Å². The van der Waals surface area contributed by atoms with Crippen LogP contribution in [0.2, 0.25) is 5.02 Å². The maximum Gasteiger partial charge on any atom is 0.256 e. The number of anilines is 1. The number of methoxy groups -OCH3 is 2. The summed E-state index contributed by atoms with van der Waals surface area (Å²) in [7, 11) is 3.04. The lowest BCUT2D eigenvalue weighted by atomic mass is 9.89. The van der Waals surface area contributed by atoms with Gasteiger partial charge in [-0.25, -0.2) is 0 Å². The molecule has 1 aliphatic rings. The van der Waals surface area contributed by atoms with Crippen molar-refractivity contribution in [3.05, 3.63) is 47.0 Å². The Morgan fingerprint density at radius 2 is 1.75 bits per heavy atom. The smallest absolute Gasteiger partial charge is 0.256 e. The number of hydrogen-bond donors (Lipinski definition) is 2. The van der Waals surface area contributed by atoms with Crippen LogP contribution in [0.5, 0.6) is 11.5 Å². The highest BCUT2D eigenvalue weighted by Gasteiger charge is 2.18. The Balaban J connectivity index is 1.62. The van der Waals surface area contributed by atoms with Crippen molar-refractivity contribution in [1.29, 1.82) is 0 Å². The van der Waals surface area contributed by atoms with Gasteiger partial charge in [0.15, 0.2) is 11.5 Å². The summed E-state index contributed by atoms with van der Waals surface area (Å²) in [6, 6.07) is 10.4. The van der Waals surface area contributed by atoms with E-state index in [1.54, 1.807) is 24.3 Å². The summed E-state index contributed by atoms with van der Waals surface area (Å²) in [6.45, 7) is 0.735. The lowest BCUT2D eigenvalue weighted by molar-refractivity contribution is -0.118. The molecule has 0 bridgehead atoms. The number of nitrogens with one attached hydrogen (secondary N) is 2. The summed E-state index contributed by atoms with van der Waals surface area (Å²) in [6.07, 6.45) is 6.18. The number of halogens is 1. The van der Waals surface area contributed by atoms with Crippen LogP contribution < -0.4 is 20.1 Å². The molecule has 3 rings (SSSR count). The second kappa shape index (κ2) is 12.0. The lowest BCUT2D eigenvalue weighted by Gasteiger charge is -2.21. The Bertz CT molecular complexity index is 948. The fourth-order valence-electron chi connectivity index (χ4n) is 3.76. The molecule has 6 nitrogen and oxygen atoms in total. The third-order valence-electron chi connectivity index (χ3n) is 5.52. The minimum atomic E-state index is -0.315. The minimum Gasteiger partial charge on any atom is -0.493 e. The van der Waals surface area contributed by atoms with Crippen molar-refractivity contribution in [2.75, 3.05) is 31.8 Å². The molecular formula is C24H29ClN2O4S. The molecule has 1 saturated carbocycles. The van der Waals surface area contributed by atoms with Crippen LogP contribution in [0.4, 0.5) is 5.69 Å².